The van der Waals surface area contributed by atoms with Crippen molar-refractivity contribution in [2.24, 2.45) is 0 Å². The molecule has 31 heavy (non-hydrogen) atoms. The molecule has 0 saturated heterocycles. The fourth-order valence-electron chi connectivity index (χ4n) is 3.58. The highest BCUT2D eigenvalue weighted by Crippen LogP contribution is 2.34. The topological polar surface area (TPSA) is 108 Å². The molecule has 0 radical (unpaired) electrons. The van der Waals surface area contributed by atoms with E-state index in [2.05, 4.69) is 15.8 Å². The highest BCUT2D eigenvalue weighted by atomic mass is 35.5. The summed E-state index contributed by atoms with van der Waals surface area (Å²) in [5.41, 5.74) is 5.77. The van der Waals surface area contributed by atoms with Gasteiger partial charge < -0.3 is 0 Å². The Morgan fingerprint density at radius 1 is 1.00 bits per heavy atom. The third-order valence-electron chi connectivity index (χ3n) is 5.06. The minimum Gasteiger partial charge on any atom is -0.274 e. The number of nitrogens with zero attached hydrogens (tertiary/aromatic N) is 2. The number of benzene rings is 2. The number of nitrogens with one attached hydrogen (secondary N) is 2. The highest BCUT2D eigenvalue weighted by Gasteiger charge is 2.40. The molecule has 1 atom stereocenters. The van der Waals surface area contributed by atoms with Crippen molar-refractivity contribution in [2.75, 3.05) is 0 Å². The van der Waals surface area contributed by atoms with Gasteiger partial charge in [0.05, 0.1) is 27.7 Å². The molecule has 3 aromatic rings. The van der Waals surface area contributed by atoms with E-state index in [1.807, 2.05) is 0 Å². The zero-order valence-electron chi connectivity index (χ0n) is 16.6. The molecule has 1 aliphatic heterocycles. The summed E-state index contributed by atoms with van der Waals surface area (Å²) >= 11 is 6.24. The maximum atomic E-state index is 12.9. The first-order chi connectivity index (χ1) is 14.8. The number of imide groups is 1. The third kappa shape index (κ3) is 3.51. The minimum absolute atomic E-state index is 0.0570. The summed E-state index contributed by atoms with van der Waals surface area (Å²) in [5, 5.41) is 0.980. The van der Waals surface area contributed by atoms with Gasteiger partial charge in [-0.1, -0.05) is 35.9 Å². The van der Waals surface area contributed by atoms with Gasteiger partial charge in [0.1, 0.15) is 5.69 Å². The van der Waals surface area contributed by atoms with Gasteiger partial charge in [-0.3, -0.25) is 34.9 Å². The summed E-state index contributed by atoms with van der Waals surface area (Å²) in [4.78, 5) is 55.4. The van der Waals surface area contributed by atoms with Gasteiger partial charge in [0.15, 0.2) is 0 Å². The van der Waals surface area contributed by atoms with Crippen LogP contribution in [0.25, 0.3) is 10.9 Å². The fraction of sp³-hybridized carbons (Fsp3) is 0.136. The Labute approximate surface area is 182 Å². The molecule has 1 aromatic heterocycles. The predicted octanol–water partition coefficient (Wildman–Crippen LogP) is 3.03. The standard InChI is InChI=1S/C22H17ClN4O4/c1-11(27-21(30)14-7-3-4-8-15(14)22(27)31)16-10-13-6-5-9-17(23)18(13)24-19(16)20(29)26-25-12(2)28/h3-11H,1-2H3,(H,25,28)(H,26,29)/t11-/m0/s1. The molecule has 4 rings (SSSR count). The van der Waals surface area contributed by atoms with Crippen molar-refractivity contribution in [3.63, 3.8) is 0 Å². The van der Waals surface area contributed by atoms with Crippen molar-refractivity contribution in [3.8, 4) is 0 Å². The Kier molecular flexibility index (Phi) is 5.16. The van der Waals surface area contributed by atoms with Crippen molar-refractivity contribution < 1.29 is 19.2 Å². The summed E-state index contributed by atoms with van der Waals surface area (Å²) in [5.74, 6) is -2.07. The van der Waals surface area contributed by atoms with Crippen molar-refractivity contribution >= 4 is 46.1 Å². The second kappa shape index (κ2) is 7.81. The summed E-state index contributed by atoms with van der Waals surface area (Å²) in [6, 6.07) is 12.6. The molecule has 2 heterocycles. The van der Waals surface area contributed by atoms with Crippen molar-refractivity contribution in [3.05, 3.63) is 75.9 Å². The number of pyridine rings is 1. The number of fused-ring (bicyclic) bond motifs is 2. The predicted molar refractivity (Wildman–Crippen MR) is 113 cm³/mol. The quantitative estimate of drug-likeness (QED) is 0.484. The summed E-state index contributed by atoms with van der Waals surface area (Å²) < 4.78 is 0. The SMILES string of the molecule is CC(=O)NNC(=O)c1nc2c(Cl)cccc2cc1[C@H](C)N1C(=O)c2ccccc2C1=O. The smallest absolute Gasteiger partial charge is 0.274 e. The van der Waals surface area contributed by atoms with Gasteiger partial charge in [-0.25, -0.2) is 4.98 Å². The van der Waals surface area contributed by atoms with Gasteiger partial charge in [0.2, 0.25) is 5.91 Å². The summed E-state index contributed by atoms with van der Waals surface area (Å²) in [6.07, 6.45) is 0. The maximum Gasteiger partial charge on any atom is 0.288 e. The zero-order valence-corrected chi connectivity index (χ0v) is 17.4. The van der Waals surface area contributed by atoms with Crippen LogP contribution in [0.4, 0.5) is 0 Å². The van der Waals surface area contributed by atoms with E-state index >= 15 is 0 Å². The van der Waals surface area contributed by atoms with E-state index in [1.54, 1.807) is 55.5 Å². The second-order valence-electron chi connectivity index (χ2n) is 7.07. The van der Waals surface area contributed by atoms with Crippen LogP contribution in [0.3, 0.4) is 0 Å². The van der Waals surface area contributed by atoms with Gasteiger partial charge >= 0.3 is 0 Å². The first-order valence-electron chi connectivity index (χ1n) is 9.42. The Bertz CT molecular complexity index is 1240. The van der Waals surface area contributed by atoms with Crippen molar-refractivity contribution in [2.45, 2.75) is 19.9 Å². The Balaban J connectivity index is 1.83. The van der Waals surface area contributed by atoms with Crippen LogP contribution in [0, 0.1) is 0 Å². The number of hydrogen-bond donors (Lipinski definition) is 2. The van der Waals surface area contributed by atoms with Gasteiger partial charge in [-0.15, -0.1) is 0 Å². The lowest BCUT2D eigenvalue weighted by Crippen LogP contribution is -2.42. The monoisotopic (exact) mass is 436 g/mol. The van der Waals surface area contributed by atoms with Crippen LogP contribution in [0.1, 0.15) is 56.7 Å². The van der Waals surface area contributed by atoms with Crippen LogP contribution in [0.15, 0.2) is 48.5 Å². The molecular weight excluding hydrogens is 420 g/mol. The Morgan fingerprint density at radius 2 is 1.65 bits per heavy atom. The number of halogens is 1. The third-order valence-corrected chi connectivity index (χ3v) is 5.36. The molecule has 2 aromatic carbocycles. The van der Waals surface area contributed by atoms with Crippen LogP contribution in [0.2, 0.25) is 5.02 Å². The largest absolute Gasteiger partial charge is 0.288 e. The number of hydrogen-bond acceptors (Lipinski definition) is 5. The number of carbonyl (C=O) groups is 4. The normalized spacial score (nSPS) is 13.8. The fourth-order valence-corrected chi connectivity index (χ4v) is 3.81. The molecule has 9 heteroatoms. The van der Waals surface area contributed by atoms with Crippen LogP contribution >= 0.6 is 11.6 Å². The van der Waals surface area contributed by atoms with E-state index in [4.69, 9.17) is 11.6 Å². The maximum absolute atomic E-state index is 12.9. The van der Waals surface area contributed by atoms with E-state index in [9.17, 15) is 19.2 Å². The average Bonchev–Trinajstić information content (AvgIpc) is 3.01. The molecule has 0 bridgehead atoms. The second-order valence-corrected chi connectivity index (χ2v) is 7.48. The number of rotatable bonds is 3. The van der Waals surface area contributed by atoms with Crippen LogP contribution in [0.5, 0.6) is 0 Å². The lowest BCUT2D eigenvalue weighted by Gasteiger charge is -2.25. The molecule has 4 amide bonds. The molecule has 1 aliphatic rings. The summed E-state index contributed by atoms with van der Waals surface area (Å²) in [6.45, 7) is 2.89. The van der Waals surface area contributed by atoms with E-state index in [1.165, 1.54) is 6.92 Å². The number of aromatic nitrogens is 1. The average molecular weight is 437 g/mol. The Morgan fingerprint density at radius 3 is 2.26 bits per heavy atom. The lowest BCUT2D eigenvalue weighted by molar-refractivity contribution is -0.119. The van der Waals surface area contributed by atoms with Crippen LogP contribution in [-0.2, 0) is 4.79 Å². The zero-order chi connectivity index (χ0) is 22.3. The van der Waals surface area contributed by atoms with E-state index in [-0.39, 0.29) is 5.69 Å². The molecular formula is C22H17ClN4O4. The molecule has 8 nitrogen and oxygen atoms in total. The minimum atomic E-state index is -0.804. The molecule has 0 fully saturated rings. The van der Waals surface area contributed by atoms with Crippen LogP contribution < -0.4 is 10.9 Å². The number of amides is 4. The number of hydrazine groups is 1. The first-order valence-corrected chi connectivity index (χ1v) is 9.80. The van der Waals surface area contributed by atoms with Gasteiger partial charge in [-0.2, -0.15) is 0 Å². The Hall–Kier alpha value is -3.78. The molecule has 0 spiro atoms. The van der Waals surface area contributed by atoms with Crippen molar-refractivity contribution in [1.82, 2.24) is 20.7 Å². The molecule has 156 valence electrons. The molecule has 0 unspecified atom stereocenters. The first kappa shape index (κ1) is 20.5. The van der Waals surface area contributed by atoms with Crippen molar-refractivity contribution in [1.29, 1.82) is 0 Å². The van der Waals surface area contributed by atoms with Gasteiger partial charge in [0.25, 0.3) is 17.7 Å². The summed E-state index contributed by atoms with van der Waals surface area (Å²) in [7, 11) is 0. The number of carbonyl (C=O) groups excluding carboxylic acids is 4. The van der Waals surface area contributed by atoms with E-state index in [0.717, 1.165) is 4.90 Å². The van der Waals surface area contributed by atoms with E-state index < -0.39 is 29.7 Å². The van der Waals surface area contributed by atoms with Crippen LogP contribution in [-0.4, -0.2) is 33.5 Å². The molecule has 0 aliphatic carbocycles. The highest BCUT2D eigenvalue weighted by molar-refractivity contribution is 6.35. The van der Waals surface area contributed by atoms with Gasteiger partial charge in [-0.05, 0) is 31.2 Å². The lowest BCUT2D eigenvalue weighted by atomic mass is 10.0. The van der Waals surface area contributed by atoms with E-state index in [0.29, 0.717) is 32.6 Å². The molecule has 0 saturated carbocycles. The molecule has 2 N–H and O–H groups in total. The van der Waals surface area contributed by atoms with Gasteiger partial charge in [0, 0.05) is 17.9 Å². The number of para-hydroxylation sites is 1.